The Labute approximate surface area is 116 Å². The Morgan fingerprint density at radius 1 is 1.25 bits per heavy atom. The molecule has 20 heavy (non-hydrogen) atoms. The van der Waals surface area contributed by atoms with Crippen molar-refractivity contribution >= 4 is 21.6 Å². The van der Waals surface area contributed by atoms with Crippen molar-refractivity contribution in [1.29, 1.82) is 0 Å². The molecule has 2 aromatic heterocycles. The van der Waals surface area contributed by atoms with E-state index in [-0.39, 0.29) is 22.3 Å². The Hall–Kier alpha value is -1.89. The summed E-state index contributed by atoms with van der Waals surface area (Å²) in [5.41, 5.74) is -0.515. The van der Waals surface area contributed by atoms with Crippen LogP contribution in [0.5, 0.6) is 0 Å². The number of imidazole rings is 1. The summed E-state index contributed by atoms with van der Waals surface area (Å²) in [7, 11) is 1.79. The number of nitrogens with zero attached hydrogens (tertiary/aromatic N) is 3. The van der Waals surface area contributed by atoms with Crippen molar-refractivity contribution in [2.75, 3.05) is 0 Å². The fraction of sp³-hybridized carbons (Fsp3) is 0.231. The largest absolute Gasteiger partial charge is 0.243 e. The summed E-state index contributed by atoms with van der Waals surface area (Å²) in [4.78, 5) is 3.84. The van der Waals surface area contributed by atoms with Crippen molar-refractivity contribution in [2.24, 2.45) is 7.05 Å². The van der Waals surface area contributed by atoms with E-state index in [9.17, 15) is 13.2 Å². The Kier molecular flexibility index (Phi) is 3.01. The van der Waals surface area contributed by atoms with Crippen molar-refractivity contribution in [3.63, 3.8) is 0 Å². The number of aryl methyl sites for hydroxylation is 2. The molecule has 0 radical (unpaired) electrons. The van der Waals surface area contributed by atoms with Gasteiger partial charge in [0.2, 0.25) is 6.33 Å². The molecule has 2 heterocycles. The number of benzene rings is 1. The van der Waals surface area contributed by atoms with Crippen molar-refractivity contribution < 1.29 is 17.7 Å². The monoisotopic (exact) mass is 298 g/mol. The molecule has 0 bridgehead atoms. The lowest BCUT2D eigenvalue weighted by Crippen LogP contribution is -2.24. The molecule has 0 saturated heterocycles. The van der Waals surface area contributed by atoms with Gasteiger partial charge >= 0.3 is 0 Å². The predicted molar refractivity (Wildman–Crippen MR) is 68.9 cm³/mol. The molecular weight excluding hydrogens is 287 g/mol. The van der Waals surface area contributed by atoms with Gasteiger partial charge in [-0.05, 0) is 6.92 Å². The van der Waals surface area contributed by atoms with Crippen molar-refractivity contribution in [3.8, 4) is 0 Å². The Bertz CT molecular complexity index is 807. The van der Waals surface area contributed by atoms with Crippen molar-refractivity contribution in [3.05, 3.63) is 46.7 Å². The highest BCUT2D eigenvalue weighted by Crippen LogP contribution is 2.31. The molecule has 0 aliphatic heterocycles. The van der Waals surface area contributed by atoms with E-state index in [0.717, 1.165) is 11.3 Å². The second-order valence-electron chi connectivity index (χ2n) is 4.58. The van der Waals surface area contributed by atoms with Crippen LogP contribution >= 0.6 is 11.3 Å². The third-order valence-electron chi connectivity index (χ3n) is 3.03. The van der Waals surface area contributed by atoms with E-state index >= 15 is 0 Å². The fourth-order valence-electron chi connectivity index (χ4n) is 2.11. The van der Waals surface area contributed by atoms with Crippen LogP contribution < -0.4 is 4.57 Å². The SMILES string of the molecule is Cc1nc2c(F)c(F)c(Cn3cc[n+](C)c3)c(F)c2s1. The number of rotatable bonds is 2. The predicted octanol–water partition coefficient (Wildman–Crippen LogP) is 2.70. The Balaban J connectivity index is 2.19. The van der Waals surface area contributed by atoms with Gasteiger partial charge in [0, 0.05) is 0 Å². The zero-order chi connectivity index (χ0) is 14.4. The van der Waals surface area contributed by atoms with Crippen LogP contribution in [-0.2, 0) is 13.6 Å². The normalized spacial score (nSPS) is 11.4. The van der Waals surface area contributed by atoms with E-state index in [2.05, 4.69) is 4.98 Å². The van der Waals surface area contributed by atoms with Gasteiger partial charge in [-0.3, -0.25) is 0 Å². The van der Waals surface area contributed by atoms with E-state index in [1.165, 1.54) is 0 Å². The first kappa shape index (κ1) is 13.1. The average Bonchev–Trinajstić information content (AvgIpc) is 2.98. The maximum Gasteiger partial charge on any atom is 0.243 e. The lowest BCUT2D eigenvalue weighted by atomic mass is 10.1. The average molecular weight is 298 g/mol. The number of aromatic nitrogens is 3. The second-order valence-corrected chi connectivity index (χ2v) is 5.79. The van der Waals surface area contributed by atoms with E-state index in [4.69, 9.17) is 0 Å². The molecular formula is C13H11F3N3S+. The van der Waals surface area contributed by atoms with E-state index in [1.54, 1.807) is 41.8 Å². The third kappa shape index (κ3) is 1.98. The number of fused-ring (bicyclic) bond motifs is 1. The first-order chi connectivity index (χ1) is 9.47. The molecule has 104 valence electrons. The number of thiazole rings is 1. The van der Waals surface area contributed by atoms with Gasteiger partial charge in [0.25, 0.3) is 0 Å². The number of hydrogen-bond acceptors (Lipinski definition) is 2. The smallest absolute Gasteiger partial charge is 0.240 e. The molecule has 3 nitrogen and oxygen atoms in total. The maximum atomic E-state index is 14.4. The maximum absolute atomic E-state index is 14.4. The number of hydrogen-bond donors (Lipinski definition) is 0. The van der Waals surface area contributed by atoms with E-state index < -0.39 is 17.5 Å². The Morgan fingerprint density at radius 2 is 2.00 bits per heavy atom. The molecule has 0 amide bonds. The zero-order valence-corrected chi connectivity index (χ0v) is 11.6. The van der Waals surface area contributed by atoms with Crippen LogP contribution in [0.2, 0.25) is 0 Å². The van der Waals surface area contributed by atoms with Crippen molar-refractivity contribution in [1.82, 2.24) is 9.55 Å². The molecule has 1 aromatic carbocycles. The van der Waals surface area contributed by atoms with Gasteiger partial charge in [0.05, 0.1) is 22.3 Å². The third-order valence-corrected chi connectivity index (χ3v) is 3.99. The standard InChI is InChI=1S/C13H11F3N3S/c1-7-17-12-11(16)9(14)8(10(15)13(12)20-7)5-19-4-3-18(2)6-19/h3-4,6H,5H2,1-2H3/q+1. The van der Waals surface area contributed by atoms with Crippen LogP contribution in [0.3, 0.4) is 0 Å². The van der Waals surface area contributed by atoms with Gasteiger partial charge < -0.3 is 0 Å². The van der Waals surface area contributed by atoms with Gasteiger partial charge in [-0.25, -0.2) is 27.3 Å². The lowest BCUT2D eigenvalue weighted by Gasteiger charge is -2.04. The van der Waals surface area contributed by atoms with Crippen molar-refractivity contribution in [2.45, 2.75) is 13.5 Å². The number of halogens is 3. The molecule has 0 saturated carbocycles. The fourth-order valence-corrected chi connectivity index (χ4v) is 2.99. The van der Waals surface area contributed by atoms with Crippen LogP contribution in [0.25, 0.3) is 10.2 Å². The molecule has 3 rings (SSSR count). The molecule has 0 N–H and O–H groups in total. The molecule has 0 spiro atoms. The van der Waals surface area contributed by atoms with Crippen LogP contribution in [0.4, 0.5) is 13.2 Å². The first-order valence-corrected chi connectivity index (χ1v) is 6.72. The Morgan fingerprint density at radius 3 is 2.65 bits per heavy atom. The second kappa shape index (κ2) is 4.59. The highest BCUT2D eigenvalue weighted by molar-refractivity contribution is 7.18. The van der Waals surface area contributed by atoms with Crippen LogP contribution in [0.1, 0.15) is 10.6 Å². The van der Waals surface area contributed by atoms with Gasteiger partial charge in [-0.1, -0.05) is 0 Å². The van der Waals surface area contributed by atoms with Gasteiger partial charge in [0.1, 0.15) is 24.5 Å². The van der Waals surface area contributed by atoms with Crippen LogP contribution in [-0.4, -0.2) is 9.55 Å². The molecule has 3 aromatic rings. The summed E-state index contributed by atoms with van der Waals surface area (Å²) in [5.74, 6) is -2.99. The summed E-state index contributed by atoms with van der Waals surface area (Å²) in [6.07, 6.45) is 5.07. The summed E-state index contributed by atoms with van der Waals surface area (Å²) >= 11 is 1.02. The summed E-state index contributed by atoms with van der Waals surface area (Å²) in [5, 5.41) is 0.502. The van der Waals surface area contributed by atoms with E-state index in [0.29, 0.717) is 5.01 Å². The van der Waals surface area contributed by atoms with Crippen LogP contribution in [0, 0.1) is 24.4 Å². The minimum Gasteiger partial charge on any atom is -0.240 e. The molecule has 0 aliphatic rings. The van der Waals surface area contributed by atoms with E-state index in [1.807, 2.05) is 0 Å². The summed E-state index contributed by atoms with van der Waals surface area (Å²) in [6.45, 7) is 1.56. The molecule has 7 heteroatoms. The highest BCUT2D eigenvalue weighted by Gasteiger charge is 2.24. The lowest BCUT2D eigenvalue weighted by molar-refractivity contribution is -0.671. The molecule has 0 atom stereocenters. The van der Waals surface area contributed by atoms with Gasteiger partial charge in [-0.2, -0.15) is 0 Å². The quantitative estimate of drug-likeness (QED) is 0.526. The zero-order valence-electron chi connectivity index (χ0n) is 10.8. The first-order valence-electron chi connectivity index (χ1n) is 5.91. The highest BCUT2D eigenvalue weighted by atomic mass is 32.1. The van der Waals surface area contributed by atoms with Gasteiger partial charge in [-0.15, -0.1) is 11.3 Å². The summed E-state index contributed by atoms with van der Waals surface area (Å²) in [6, 6.07) is 0. The molecule has 0 fully saturated rings. The topological polar surface area (TPSA) is 21.7 Å². The molecule has 0 aliphatic carbocycles. The minimum atomic E-state index is -1.17. The molecule has 0 unspecified atom stereocenters. The van der Waals surface area contributed by atoms with Crippen LogP contribution in [0.15, 0.2) is 18.7 Å². The minimum absolute atomic E-state index is 0.0629. The van der Waals surface area contributed by atoms with Gasteiger partial charge in [0.15, 0.2) is 17.5 Å². The summed E-state index contributed by atoms with van der Waals surface area (Å²) < 4.78 is 45.7.